The highest BCUT2D eigenvalue weighted by Gasteiger charge is 2.46. The maximum absolute atomic E-state index is 14.7. The topological polar surface area (TPSA) is 181 Å². The molecule has 5 amide bonds. The Labute approximate surface area is 366 Å². The van der Waals surface area contributed by atoms with Gasteiger partial charge in [0.15, 0.2) is 0 Å². The number of rotatable bonds is 12. The van der Waals surface area contributed by atoms with E-state index in [0.717, 1.165) is 50.1 Å². The fraction of sp³-hybridized carbons (Fsp3) is 0.280. The van der Waals surface area contributed by atoms with Crippen LogP contribution in [0, 0.1) is 0 Å². The minimum Gasteiger partial charge on any atom is -0.467 e. The van der Waals surface area contributed by atoms with Gasteiger partial charge in [0.05, 0.1) is 7.11 Å². The Bertz CT molecular complexity index is 2450. The number of fused-ring (bicyclic) bond motifs is 6. The van der Waals surface area contributed by atoms with Gasteiger partial charge >= 0.3 is 12.1 Å². The highest BCUT2D eigenvalue weighted by molar-refractivity contribution is 5.99. The van der Waals surface area contributed by atoms with Gasteiger partial charge in [-0.2, -0.15) is 0 Å². The quantitative estimate of drug-likeness (QED) is 0.107. The molecule has 5 N–H and O–H groups in total. The van der Waals surface area contributed by atoms with Crippen molar-refractivity contribution >= 4 is 35.7 Å². The van der Waals surface area contributed by atoms with Gasteiger partial charge in [0.2, 0.25) is 23.6 Å². The average molecular weight is 850 g/mol. The van der Waals surface area contributed by atoms with Gasteiger partial charge < -0.3 is 36.1 Å². The summed E-state index contributed by atoms with van der Waals surface area (Å²) in [5.41, 5.74) is 4.43. The van der Waals surface area contributed by atoms with E-state index in [2.05, 4.69) is 26.6 Å². The highest BCUT2D eigenvalue weighted by atomic mass is 16.5. The Morgan fingerprint density at radius 1 is 0.492 bits per heavy atom. The number of hydrogen-bond acceptors (Lipinski definition) is 8. The molecule has 0 unspecified atom stereocenters. The zero-order valence-corrected chi connectivity index (χ0v) is 35.7. The highest BCUT2D eigenvalue weighted by Crippen LogP contribution is 2.38. The molecule has 13 heteroatoms. The molecule has 0 spiro atoms. The van der Waals surface area contributed by atoms with Crippen LogP contribution in [0.4, 0.5) is 4.79 Å². The number of nitrogens with one attached hydrogen (secondary N) is 5. The van der Waals surface area contributed by atoms with Crippen molar-refractivity contribution in [2.24, 2.45) is 0 Å². The van der Waals surface area contributed by atoms with E-state index in [9.17, 15) is 28.8 Å². The van der Waals surface area contributed by atoms with Crippen molar-refractivity contribution in [2.75, 3.05) is 7.11 Å². The lowest BCUT2D eigenvalue weighted by Gasteiger charge is -2.35. The van der Waals surface area contributed by atoms with Crippen LogP contribution in [-0.2, 0) is 65.7 Å². The van der Waals surface area contributed by atoms with E-state index in [1.54, 1.807) is 0 Å². The van der Waals surface area contributed by atoms with Crippen LogP contribution in [0.3, 0.4) is 0 Å². The number of carbonyl (C=O) groups is 6. The number of benzene rings is 5. The van der Waals surface area contributed by atoms with Crippen LogP contribution in [0.15, 0.2) is 127 Å². The van der Waals surface area contributed by atoms with E-state index in [4.69, 9.17) is 9.47 Å². The first-order valence-electron chi connectivity index (χ1n) is 20.9. The van der Waals surface area contributed by atoms with Crippen molar-refractivity contribution in [3.63, 3.8) is 0 Å². The van der Waals surface area contributed by atoms with E-state index in [1.807, 2.05) is 127 Å². The van der Waals surface area contributed by atoms with Crippen molar-refractivity contribution < 1.29 is 38.2 Å². The number of amides is 5. The first-order chi connectivity index (χ1) is 30.3. The molecule has 0 aliphatic heterocycles. The van der Waals surface area contributed by atoms with Crippen LogP contribution < -0.4 is 26.6 Å². The molecule has 0 bridgehead atoms. The van der Waals surface area contributed by atoms with Gasteiger partial charge in [-0.1, -0.05) is 127 Å². The Balaban J connectivity index is 1.11. The molecule has 2 aliphatic carbocycles. The Morgan fingerprint density at radius 2 is 0.873 bits per heavy atom. The number of carbonyl (C=O) groups excluding carboxylic acids is 6. The second-order valence-corrected chi connectivity index (χ2v) is 16.3. The van der Waals surface area contributed by atoms with Gasteiger partial charge in [0.1, 0.15) is 35.8 Å². The zero-order valence-electron chi connectivity index (χ0n) is 35.7. The largest absolute Gasteiger partial charge is 0.467 e. The van der Waals surface area contributed by atoms with Crippen LogP contribution in [0.25, 0.3) is 22.3 Å². The maximum Gasteiger partial charge on any atom is 0.408 e. The summed E-state index contributed by atoms with van der Waals surface area (Å²) in [5, 5.41) is 14.1. The number of alkyl carbamates (subject to hydrolysis) is 1. The molecule has 0 aromatic heterocycles. The molecule has 13 nitrogen and oxygen atoms in total. The second kappa shape index (κ2) is 18.8. The molecule has 324 valence electrons. The van der Waals surface area contributed by atoms with E-state index >= 15 is 0 Å². The summed E-state index contributed by atoms with van der Waals surface area (Å²) in [6, 6.07) is 36.3. The van der Waals surface area contributed by atoms with E-state index in [0.29, 0.717) is 0 Å². The Hall–Kier alpha value is -7.28. The first kappa shape index (κ1) is 43.8. The van der Waals surface area contributed by atoms with Crippen molar-refractivity contribution in [2.45, 2.75) is 82.3 Å². The van der Waals surface area contributed by atoms with Crippen molar-refractivity contribution in [1.29, 1.82) is 0 Å². The van der Waals surface area contributed by atoms with E-state index < -0.39 is 64.9 Å². The molecule has 7 rings (SSSR count). The third-order valence-corrected chi connectivity index (χ3v) is 11.8. The van der Waals surface area contributed by atoms with Gasteiger partial charge in [-0.25, -0.2) is 9.59 Å². The molecule has 0 saturated heterocycles. The summed E-state index contributed by atoms with van der Waals surface area (Å²) in [6.07, 6.45) is -0.488. The van der Waals surface area contributed by atoms with Gasteiger partial charge in [-0.3, -0.25) is 19.2 Å². The molecule has 5 aromatic rings. The van der Waals surface area contributed by atoms with Crippen LogP contribution in [0.2, 0.25) is 0 Å². The predicted molar refractivity (Wildman–Crippen MR) is 237 cm³/mol. The first-order valence-corrected chi connectivity index (χ1v) is 20.9. The summed E-state index contributed by atoms with van der Waals surface area (Å²) >= 11 is 0. The summed E-state index contributed by atoms with van der Waals surface area (Å²) in [7, 11) is 1.22. The Kier molecular flexibility index (Phi) is 13.0. The van der Waals surface area contributed by atoms with Gasteiger partial charge in [0, 0.05) is 25.7 Å². The molecule has 2 aliphatic rings. The summed E-state index contributed by atoms with van der Waals surface area (Å²) in [4.78, 5) is 83.2. The smallest absolute Gasteiger partial charge is 0.408 e. The molecule has 3 atom stereocenters. The van der Waals surface area contributed by atoms with Gasteiger partial charge in [0.25, 0.3) is 0 Å². The summed E-state index contributed by atoms with van der Waals surface area (Å²) in [6.45, 7) is 4.44. The SMILES string of the molecule is COC(=O)[C@H](C)NC(=O)C1(NC(=O)[C@H](C)NC(=O)[C@H](C)NC(=O)C2(NC(=O)OCc3ccccc3)Cc3ccccc3-c3ccccc3C2)Cc2ccccc2-c2ccccc2C1. The monoisotopic (exact) mass is 849 g/mol. The lowest BCUT2D eigenvalue weighted by atomic mass is 9.84. The number of esters is 1. The molecule has 0 saturated carbocycles. The van der Waals surface area contributed by atoms with E-state index in [-0.39, 0.29) is 32.3 Å². The third kappa shape index (κ3) is 9.62. The van der Waals surface area contributed by atoms with Gasteiger partial charge in [-0.05, 0) is 70.8 Å². The summed E-state index contributed by atoms with van der Waals surface area (Å²) < 4.78 is 10.5. The van der Waals surface area contributed by atoms with Crippen LogP contribution in [0.1, 0.15) is 48.6 Å². The number of methoxy groups -OCH3 is 1. The molecule has 0 heterocycles. The van der Waals surface area contributed by atoms with Gasteiger partial charge in [-0.15, -0.1) is 0 Å². The molecular weight excluding hydrogens is 799 g/mol. The molecule has 63 heavy (non-hydrogen) atoms. The molecule has 5 aromatic carbocycles. The third-order valence-electron chi connectivity index (χ3n) is 11.8. The van der Waals surface area contributed by atoms with Crippen molar-refractivity contribution in [3.8, 4) is 22.3 Å². The van der Waals surface area contributed by atoms with E-state index in [1.165, 1.54) is 27.9 Å². The lowest BCUT2D eigenvalue weighted by molar-refractivity contribution is -0.145. The fourth-order valence-corrected chi connectivity index (χ4v) is 8.46. The summed E-state index contributed by atoms with van der Waals surface area (Å²) in [5.74, 6) is -3.25. The maximum atomic E-state index is 14.7. The second-order valence-electron chi connectivity index (χ2n) is 16.3. The molecular formula is C50H51N5O8. The van der Waals surface area contributed by atoms with Crippen LogP contribution in [0.5, 0.6) is 0 Å². The van der Waals surface area contributed by atoms with Crippen molar-refractivity contribution in [1.82, 2.24) is 26.6 Å². The number of ether oxygens (including phenoxy) is 2. The lowest BCUT2D eigenvalue weighted by Crippen LogP contribution is -2.66. The predicted octanol–water partition coefficient (Wildman–Crippen LogP) is 5.13. The fourth-order valence-electron chi connectivity index (χ4n) is 8.46. The normalized spacial score (nSPS) is 15.6. The minimum absolute atomic E-state index is 0.0252. The Morgan fingerprint density at radius 3 is 1.32 bits per heavy atom. The molecule has 0 radical (unpaired) electrons. The van der Waals surface area contributed by atoms with Crippen LogP contribution in [-0.4, -0.2) is 72.0 Å². The van der Waals surface area contributed by atoms with Crippen LogP contribution >= 0.6 is 0 Å². The number of hydrogen-bond donors (Lipinski definition) is 5. The standard InChI is InChI=1S/C50H51N5O8/c1-31(52-47(60)50(55-48(61)63-30-34-16-6-5-7-17-34)28-37-20-10-14-24-41(37)42-25-15-11-21-38(42)29-50)43(56)51-32(2)44(57)54-49(46(59)53-33(3)45(58)62-4)26-35-18-8-12-22-39(35)40-23-13-9-19-36(40)27-49/h5-25,31-33H,26-30H2,1-4H3,(H,51,56)(H,52,60)(H,53,59)(H,54,57)(H,55,61)/t31-,32-,33-/m0/s1. The van der Waals surface area contributed by atoms with Crippen molar-refractivity contribution in [3.05, 3.63) is 155 Å². The zero-order chi connectivity index (χ0) is 44.7. The molecule has 0 fully saturated rings. The average Bonchev–Trinajstić information content (AvgIpc) is 3.53. The minimum atomic E-state index is -1.60.